The molecular weight excluding hydrogens is 402 g/mol. The number of rotatable bonds is 6. The molecule has 1 atom stereocenters. The summed E-state index contributed by atoms with van der Waals surface area (Å²) >= 11 is 1.26. The predicted molar refractivity (Wildman–Crippen MR) is 118 cm³/mol. The maximum atomic E-state index is 12.7. The zero-order valence-electron chi connectivity index (χ0n) is 16.8. The van der Waals surface area contributed by atoms with Crippen molar-refractivity contribution in [3.05, 3.63) is 60.2 Å². The van der Waals surface area contributed by atoms with Gasteiger partial charge in [0.25, 0.3) is 0 Å². The number of amides is 2. The third kappa shape index (κ3) is 5.27. The fraction of sp³-hybridized carbons (Fsp3) is 0.273. The van der Waals surface area contributed by atoms with Crippen LogP contribution in [0.25, 0.3) is 0 Å². The summed E-state index contributed by atoms with van der Waals surface area (Å²) < 4.78 is 4.98. The van der Waals surface area contributed by atoms with Gasteiger partial charge in [0, 0.05) is 18.7 Å². The van der Waals surface area contributed by atoms with Crippen LogP contribution in [0.3, 0.4) is 0 Å². The second-order valence-electron chi connectivity index (χ2n) is 6.47. The normalized spacial score (nSPS) is 17.7. The van der Waals surface area contributed by atoms with Gasteiger partial charge in [-0.05, 0) is 50.2 Å². The first-order valence-corrected chi connectivity index (χ1v) is 10.6. The molecule has 0 aromatic heterocycles. The van der Waals surface area contributed by atoms with Gasteiger partial charge >= 0.3 is 5.97 Å². The van der Waals surface area contributed by atoms with E-state index in [0.29, 0.717) is 35.3 Å². The Labute approximate surface area is 179 Å². The Bertz CT molecular complexity index is 945. The van der Waals surface area contributed by atoms with Gasteiger partial charge in [0.05, 0.1) is 17.9 Å². The molecule has 3 rings (SSSR count). The summed E-state index contributed by atoms with van der Waals surface area (Å²) in [5.74, 6) is -0.779. The van der Waals surface area contributed by atoms with Gasteiger partial charge in [-0.3, -0.25) is 14.5 Å². The highest BCUT2D eigenvalue weighted by Crippen LogP contribution is 2.29. The molecule has 2 aromatic carbocycles. The minimum Gasteiger partial charge on any atom is -0.462 e. The van der Waals surface area contributed by atoms with Crippen molar-refractivity contribution in [2.45, 2.75) is 25.5 Å². The molecule has 0 radical (unpaired) electrons. The van der Waals surface area contributed by atoms with Crippen molar-refractivity contribution >= 4 is 46.1 Å². The first-order valence-electron chi connectivity index (χ1n) is 9.70. The van der Waals surface area contributed by atoms with Gasteiger partial charge in [0.2, 0.25) is 11.8 Å². The number of nitrogens with one attached hydrogen (secondary N) is 1. The number of aliphatic imine (C=N–C) groups is 1. The summed E-state index contributed by atoms with van der Waals surface area (Å²) in [5.41, 5.74) is 1.70. The number of hydrogen-bond donors (Lipinski definition) is 1. The van der Waals surface area contributed by atoms with Gasteiger partial charge in [0.1, 0.15) is 5.25 Å². The number of para-hydroxylation sites is 1. The van der Waals surface area contributed by atoms with E-state index < -0.39 is 11.2 Å². The quantitative estimate of drug-likeness (QED) is 0.711. The second kappa shape index (κ2) is 10.1. The lowest BCUT2D eigenvalue weighted by atomic mass is 10.2. The maximum absolute atomic E-state index is 12.7. The molecule has 1 aliphatic heterocycles. The van der Waals surface area contributed by atoms with Crippen LogP contribution in [0.15, 0.2) is 59.6 Å². The number of hydrogen-bond acceptors (Lipinski definition) is 6. The molecule has 30 heavy (non-hydrogen) atoms. The van der Waals surface area contributed by atoms with Gasteiger partial charge in [-0.1, -0.05) is 30.0 Å². The molecule has 1 N–H and O–H groups in total. The van der Waals surface area contributed by atoms with Crippen LogP contribution in [-0.4, -0.2) is 46.3 Å². The summed E-state index contributed by atoms with van der Waals surface area (Å²) in [7, 11) is 0. The summed E-state index contributed by atoms with van der Waals surface area (Å²) in [5, 5.41) is 2.74. The molecule has 2 amide bonds. The molecule has 8 heteroatoms. The van der Waals surface area contributed by atoms with Crippen molar-refractivity contribution in [2.24, 2.45) is 4.99 Å². The topological polar surface area (TPSA) is 88.1 Å². The Morgan fingerprint density at radius 1 is 1.13 bits per heavy atom. The smallest absolute Gasteiger partial charge is 0.338 e. The SMILES string of the molecule is CCOC(=O)c1ccc(N=C2S[C@H](C(=O)Nc3ccccc3)CC(=O)N2CC)cc1. The number of anilines is 1. The van der Waals surface area contributed by atoms with Crippen LogP contribution in [0.2, 0.25) is 0 Å². The van der Waals surface area contributed by atoms with E-state index in [1.165, 1.54) is 11.8 Å². The standard InChI is InChI=1S/C22H23N3O4S/c1-3-25-19(26)14-18(20(27)23-16-8-6-5-7-9-16)30-22(25)24-17-12-10-15(11-13-17)21(28)29-4-2/h5-13,18H,3-4,14H2,1-2H3,(H,23,27)/t18-/m0/s1. The predicted octanol–water partition coefficient (Wildman–Crippen LogP) is 3.84. The van der Waals surface area contributed by atoms with Crippen LogP contribution < -0.4 is 5.32 Å². The fourth-order valence-electron chi connectivity index (χ4n) is 2.89. The van der Waals surface area contributed by atoms with Crippen LogP contribution in [0.1, 0.15) is 30.6 Å². The number of ether oxygens (including phenoxy) is 1. The van der Waals surface area contributed by atoms with Crippen LogP contribution in [0.5, 0.6) is 0 Å². The van der Waals surface area contributed by atoms with E-state index in [1.54, 1.807) is 48.2 Å². The Balaban J connectivity index is 1.78. The van der Waals surface area contributed by atoms with Crippen LogP contribution in [0, 0.1) is 0 Å². The molecule has 1 heterocycles. The molecule has 2 aromatic rings. The lowest BCUT2D eigenvalue weighted by Crippen LogP contribution is -2.45. The largest absolute Gasteiger partial charge is 0.462 e. The highest BCUT2D eigenvalue weighted by molar-refractivity contribution is 8.15. The molecule has 156 valence electrons. The number of carbonyl (C=O) groups is 3. The highest BCUT2D eigenvalue weighted by atomic mass is 32.2. The second-order valence-corrected chi connectivity index (χ2v) is 7.64. The molecule has 7 nitrogen and oxygen atoms in total. The zero-order valence-corrected chi connectivity index (χ0v) is 17.6. The first-order chi connectivity index (χ1) is 14.5. The molecule has 1 fully saturated rings. The monoisotopic (exact) mass is 425 g/mol. The number of amidine groups is 1. The molecule has 0 bridgehead atoms. The van der Waals surface area contributed by atoms with Crippen LogP contribution in [0.4, 0.5) is 11.4 Å². The molecule has 1 aliphatic rings. The van der Waals surface area contributed by atoms with Crippen molar-refractivity contribution in [3.8, 4) is 0 Å². The molecule has 0 unspecified atom stereocenters. The number of nitrogens with zero attached hydrogens (tertiary/aromatic N) is 2. The highest BCUT2D eigenvalue weighted by Gasteiger charge is 2.35. The molecule has 0 aliphatic carbocycles. The third-order valence-corrected chi connectivity index (χ3v) is 5.58. The van der Waals surface area contributed by atoms with Crippen molar-refractivity contribution < 1.29 is 19.1 Å². The van der Waals surface area contributed by atoms with E-state index in [9.17, 15) is 14.4 Å². The van der Waals surface area contributed by atoms with Gasteiger partial charge < -0.3 is 10.1 Å². The number of carbonyl (C=O) groups excluding carboxylic acids is 3. The average molecular weight is 426 g/mol. The fourth-order valence-corrected chi connectivity index (χ4v) is 4.06. The molecule has 1 saturated heterocycles. The Morgan fingerprint density at radius 2 is 1.83 bits per heavy atom. The minimum absolute atomic E-state index is 0.109. The van der Waals surface area contributed by atoms with Gasteiger partial charge in [-0.2, -0.15) is 0 Å². The lowest BCUT2D eigenvalue weighted by Gasteiger charge is -2.30. The molecule has 0 saturated carbocycles. The minimum atomic E-state index is -0.571. The number of benzene rings is 2. The van der Waals surface area contributed by atoms with E-state index in [-0.39, 0.29) is 18.2 Å². The van der Waals surface area contributed by atoms with E-state index in [4.69, 9.17) is 4.74 Å². The van der Waals surface area contributed by atoms with Gasteiger partial charge in [0.15, 0.2) is 5.17 Å². The maximum Gasteiger partial charge on any atom is 0.338 e. The van der Waals surface area contributed by atoms with Crippen LogP contribution in [-0.2, 0) is 14.3 Å². The zero-order chi connectivity index (χ0) is 21.5. The van der Waals surface area contributed by atoms with E-state index >= 15 is 0 Å². The first kappa shape index (κ1) is 21.6. The number of esters is 1. The van der Waals surface area contributed by atoms with Crippen LogP contribution >= 0.6 is 11.8 Å². The average Bonchev–Trinajstić information content (AvgIpc) is 2.75. The lowest BCUT2D eigenvalue weighted by molar-refractivity contribution is -0.129. The Morgan fingerprint density at radius 3 is 2.47 bits per heavy atom. The van der Waals surface area contributed by atoms with Crippen molar-refractivity contribution in [3.63, 3.8) is 0 Å². The summed E-state index contributed by atoms with van der Waals surface area (Å²) in [6.07, 6.45) is 0.109. The number of thioether (sulfide) groups is 1. The molecular formula is C22H23N3O4S. The Kier molecular flexibility index (Phi) is 7.24. The van der Waals surface area contributed by atoms with Gasteiger partial charge in [-0.15, -0.1) is 0 Å². The van der Waals surface area contributed by atoms with Crippen molar-refractivity contribution in [1.82, 2.24) is 4.90 Å². The van der Waals surface area contributed by atoms with Crippen molar-refractivity contribution in [2.75, 3.05) is 18.5 Å². The van der Waals surface area contributed by atoms with E-state index in [2.05, 4.69) is 10.3 Å². The summed E-state index contributed by atoms with van der Waals surface area (Å²) in [4.78, 5) is 43.2. The van der Waals surface area contributed by atoms with E-state index in [1.807, 2.05) is 25.1 Å². The third-order valence-electron chi connectivity index (χ3n) is 4.39. The van der Waals surface area contributed by atoms with Gasteiger partial charge in [-0.25, -0.2) is 9.79 Å². The molecule has 0 spiro atoms. The van der Waals surface area contributed by atoms with E-state index in [0.717, 1.165) is 0 Å². The Hall–Kier alpha value is -3.13. The summed E-state index contributed by atoms with van der Waals surface area (Å²) in [6.45, 7) is 4.37. The van der Waals surface area contributed by atoms with Crippen molar-refractivity contribution in [1.29, 1.82) is 0 Å². The summed E-state index contributed by atoms with van der Waals surface area (Å²) in [6, 6.07) is 15.8.